The molecule has 0 unspecified atom stereocenters. The van der Waals surface area contributed by atoms with Gasteiger partial charge in [-0.05, 0) is 0 Å². The molecular weight excluding hydrogens is 682 g/mol. The molecule has 0 N–H and O–H groups in total. The topological polar surface area (TPSA) is 0 Å². The minimum Gasteiger partial charge on any atom is -0.0721 e. The van der Waals surface area contributed by atoms with Crippen molar-refractivity contribution in [2.75, 3.05) is 0 Å². The monoisotopic (exact) mass is 746 g/mol. The van der Waals surface area contributed by atoms with Crippen molar-refractivity contribution in [2.24, 2.45) is 0 Å². The van der Waals surface area contributed by atoms with Crippen molar-refractivity contribution in [3.05, 3.63) is 71.8 Å². The van der Waals surface area contributed by atoms with Crippen LogP contribution in [0.25, 0.3) is 9.60 Å². The summed E-state index contributed by atoms with van der Waals surface area (Å²) in [7, 11) is -5.42. The summed E-state index contributed by atoms with van der Waals surface area (Å²) in [6, 6.07) is 22.2. The van der Waals surface area contributed by atoms with Gasteiger partial charge in [0, 0.05) is 38.9 Å². The van der Waals surface area contributed by atoms with E-state index in [4.69, 9.17) is 0 Å². The first-order chi connectivity index (χ1) is 18.2. The van der Waals surface area contributed by atoms with Crippen LogP contribution in [0.3, 0.4) is 0 Å². The van der Waals surface area contributed by atoms with Crippen molar-refractivity contribution in [1.82, 2.24) is 0 Å². The predicted octanol–water partition coefficient (Wildman–Crippen LogP) is 10.7. The van der Waals surface area contributed by atoms with Crippen molar-refractivity contribution < 1.29 is 0 Å². The molecule has 0 aliphatic heterocycles. The van der Waals surface area contributed by atoms with Gasteiger partial charge in [0.15, 0.2) is 0 Å². The van der Waals surface area contributed by atoms with Crippen LogP contribution in [0.1, 0.15) is 11.1 Å². The van der Waals surface area contributed by atoms with Crippen LogP contribution in [-0.4, -0.2) is 78.4 Å². The number of benzene rings is 2. The molecule has 0 nitrogen and oxygen atoms in total. The zero-order valence-electron chi connectivity index (χ0n) is 30.3. The van der Waals surface area contributed by atoms with Crippen LogP contribution in [-0.2, 0) is 0 Å². The molecule has 0 saturated heterocycles. The first-order valence-electron chi connectivity index (χ1n) is 15.3. The fraction of sp³-hybridized carbons (Fsp3) is 0.562. The van der Waals surface area contributed by atoms with Crippen LogP contribution in [0.2, 0.25) is 118 Å². The summed E-state index contributed by atoms with van der Waals surface area (Å²) < 4.78 is 1.50. The van der Waals surface area contributed by atoms with E-state index < -0.39 is 45.8 Å². The molecule has 0 bridgehead atoms. The van der Waals surface area contributed by atoms with E-state index >= 15 is 0 Å². The van der Waals surface area contributed by atoms with Crippen LogP contribution < -0.4 is 0 Å². The van der Waals surface area contributed by atoms with Crippen molar-refractivity contribution in [3.8, 4) is 0 Å². The maximum absolute atomic E-state index is 2.61. The molecular formula is C32H64GeSi8. The SMILES string of the molecule is C[Si](C)(C)[Si](/C(=[C](\[Ge])c1ccccc1)c1ccccc1)[Si](C)(C)C.C[Si](C)(C)[Si]([Si](C)(C)C)[Si](C)(C)C.C[Si](C)C. The van der Waals surface area contributed by atoms with Gasteiger partial charge < -0.3 is 0 Å². The van der Waals surface area contributed by atoms with Gasteiger partial charge in [0.05, 0.1) is 0 Å². The third-order valence-corrected chi connectivity index (χ3v) is 94.6. The Morgan fingerprint density at radius 2 is 0.732 bits per heavy atom. The Balaban J connectivity index is 0.000000792. The molecule has 9 heteroatoms. The third-order valence-electron chi connectivity index (χ3n) is 6.37. The molecule has 41 heavy (non-hydrogen) atoms. The molecule has 0 aliphatic rings. The minimum absolute atomic E-state index is 0.0255. The van der Waals surface area contributed by atoms with E-state index in [1.165, 1.54) is 15.5 Å². The normalized spacial score (nSPS) is 13.8. The number of hydrogen-bond acceptors (Lipinski definition) is 0. The quantitative estimate of drug-likeness (QED) is 0.186. The maximum atomic E-state index is 2.61. The molecule has 0 amide bonds. The Labute approximate surface area is 275 Å². The van der Waals surface area contributed by atoms with Crippen LogP contribution in [0.4, 0.5) is 0 Å². The summed E-state index contributed by atoms with van der Waals surface area (Å²) in [6.45, 7) is 45.8. The van der Waals surface area contributed by atoms with Gasteiger partial charge in [0.25, 0.3) is 0 Å². The van der Waals surface area contributed by atoms with Gasteiger partial charge in [-0.25, -0.2) is 0 Å². The molecule has 0 heterocycles. The van der Waals surface area contributed by atoms with Gasteiger partial charge in [0.2, 0.25) is 0 Å². The number of hydrogen-bond donors (Lipinski definition) is 0. The largest absolute Gasteiger partial charge is 0.0721 e. The molecule has 0 aromatic heterocycles. The smallest absolute Gasteiger partial charge is 0.0379 e. The molecule has 2 aromatic carbocycles. The van der Waals surface area contributed by atoms with Crippen LogP contribution in [0.15, 0.2) is 60.7 Å². The standard InChI is InChI=1S/C20H28GeSi3.C9H27Si4.C3H9Si/c1-23(2,3)22(24(4,5)6)20(18-15-11-8-12-16-18)19(21)17-13-9-7-10-14-17;1-11(2,3)10(12(4,5)6)13(7,8)9;1-4(2)3/h7-16H,1-6H3;1-9H3;1-3H3/b20-19-;;. The fourth-order valence-corrected chi connectivity index (χ4v) is 135. The van der Waals surface area contributed by atoms with E-state index in [9.17, 15) is 0 Å². The summed E-state index contributed by atoms with van der Waals surface area (Å²) in [5, 5.41) is 1.70. The Hall–Kier alpha value is 0.458. The Morgan fingerprint density at radius 3 is 0.951 bits per heavy atom. The first kappa shape index (κ1) is 41.5. The summed E-state index contributed by atoms with van der Waals surface area (Å²) in [6.07, 6.45) is 0. The average molecular weight is 746 g/mol. The average Bonchev–Trinajstić information content (AvgIpc) is 2.73. The zero-order valence-corrected chi connectivity index (χ0v) is 40.4. The van der Waals surface area contributed by atoms with E-state index in [1.807, 2.05) is 0 Å². The molecule has 0 spiro atoms. The second-order valence-electron chi connectivity index (χ2n) is 17.0. The molecule has 6 radical (unpaired) electrons. The fourth-order valence-electron chi connectivity index (χ4n) is 7.02. The van der Waals surface area contributed by atoms with Gasteiger partial charge >= 0.3 is 160 Å². The summed E-state index contributed by atoms with van der Waals surface area (Å²) in [5.41, 5.74) is 2.84. The molecule has 0 fully saturated rings. The van der Waals surface area contributed by atoms with E-state index in [2.05, 4.69) is 195 Å². The van der Waals surface area contributed by atoms with Crippen LogP contribution in [0.5, 0.6) is 0 Å². The zero-order chi connectivity index (χ0) is 32.6. The molecule has 0 atom stereocenters. The molecule has 0 aliphatic carbocycles. The summed E-state index contributed by atoms with van der Waals surface area (Å²) in [5.74, 6) is 0. The summed E-state index contributed by atoms with van der Waals surface area (Å²) >= 11 is 2.35. The second-order valence-corrected chi connectivity index (χ2v) is 81.5. The number of rotatable bonds is 8. The van der Waals surface area contributed by atoms with Crippen molar-refractivity contribution in [2.45, 2.75) is 118 Å². The maximum Gasteiger partial charge on any atom is 0.0379 e. The van der Waals surface area contributed by atoms with Gasteiger partial charge in [-0.15, -0.1) is 0 Å². The van der Waals surface area contributed by atoms with Crippen molar-refractivity contribution in [3.63, 3.8) is 0 Å². The first-order valence-corrected chi connectivity index (χ1v) is 44.9. The van der Waals surface area contributed by atoms with Gasteiger partial charge in [-0.3, -0.25) is 0 Å². The van der Waals surface area contributed by atoms with Gasteiger partial charge in [0.1, 0.15) is 0 Å². The molecule has 228 valence electrons. The van der Waals surface area contributed by atoms with Crippen LogP contribution >= 0.6 is 0 Å². The second kappa shape index (κ2) is 16.7. The third kappa shape index (κ3) is 15.3. The molecule has 2 aromatic rings. The summed E-state index contributed by atoms with van der Waals surface area (Å²) in [4.78, 5) is 0. The molecule has 2 rings (SSSR count). The van der Waals surface area contributed by atoms with Crippen molar-refractivity contribution in [1.29, 1.82) is 0 Å². The van der Waals surface area contributed by atoms with Gasteiger partial charge in [-0.2, -0.15) is 0 Å². The van der Waals surface area contributed by atoms with Crippen LogP contribution in [0, 0.1) is 0 Å². The van der Waals surface area contributed by atoms with E-state index in [0.29, 0.717) is 0 Å². The van der Waals surface area contributed by atoms with E-state index in [1.54, 1.807) is 5.20 Å². The minimum atomic E-state index is -1.26. The predicted molar refractivity (Wildman–Crippen MR) is 217 cm³/mol. The van der Waals surface area contributed by atoms with Crippen molar-refractivity contribution >= 4 is 88.1 Å². The Morgan fingerprint density at radius 1 is 0.463 bits per heavy atom. The molecule has 0 saturated carbocycles. The van der Waals surface area contributed by atoms with E-state index in [-0.39, 0.29) is 16.1 Å². The van der Waals surface area contributed by atoms with E-state index in [0.717, 1.165) is 0 Å². The Kier molecular flexibility index (Phi) is 16.9. The Bertz CT molecular complexity index is 1000. The van der Waals surface area contributed by atoms with Gasteiger partial charge in [-0.1, -0.05) is 78.6 Å².